The van der Waals surface area contributed by atoms with Crippen LogP contribution in [0.1, 0.15) is 38.4 Å². The lowest BCUT2D eigenvalue weighted by Crippen LogP contribution is -2.25. The predicted octanol–water partition coefficient (Wildman–Crippen LogP) is 3.51. The fourth-order valence-electron chi connectivity index (χ4n) is 2.93. The second kappa shape index (κ2) is 6.76. The summed E-state index contributed by atoms with van der Waals surface area (Å²) in [7, 11) is 0. The topological polar surface area (TPSA) is 49.9 Å². The van der Waals surface area contributed by atoms with E-state index in [1.807, 2.05) is 31.3 Å². The van der Waals surface area contributed by atoms with E-state index in [4.69, 9.17) is 4.74 Å². The van der Waals surface area contributed by atoms with Crippen molar-refractivity contribution in [3.63, 3.8) is 0 Å². The minimum absolute atomic E-state index is 0.661. The molecule has 112 valence electrons. The number of aromatic amines is 1. The van der Waals surface area contributed by atoms with E-state index < -0.39 is 0 Å². The Morgan fingerprint density at radius 2 is 2.10 bits per heavy atom. The van der Waals surface area contributed by atoms with Crippen LogP contribution in [0.3, 0.4) is 0 Å². The zero-order valence-corrected chi connectivity index (χ0v) is 12.6. The summed E-state index contributed by atoms with van der Waals surface area (Å²) in [6, 6.07) is 8.74. The molecule has 0 atom stereocenters. The van der Waals surface area contributed by atoms with Crippen LogP contribution in [0.5, 0.6) is 5.75 Å². The molecule has 0 amide bonds. The summed E-state index contributed by atoms with van der Waals surface area (Å²) < 4.78 is 5.68. The lowest BCUT2D eigenvalue weighted by molar-refractivity contribution is 0.341. The van der Waals surface area contributed by atoms with Crippen molar-refractivity contribution in [2.75, 3.05) is 6.61 Å². The molecular weight excluding hydrogens is 262 g/mol. The van der Waals surface area contributed by atoms with Gasteiger partial charge in [0, 0.05) is 11.6 Å². The fraction of sp³-hybridized carbons (Fsp3) is 0.471. The number of ether oxygens (including phenoxy) is 1. The molecule has 1 aromatic heterocycles. The lowest BCUT2D eigenvalue weighted by Gasteiger charge is -2.10. The highest BCUT2D eigenvalue weighted by atomic mass is 16.5. The minimum Gasteiger partial charge on any atom is -0.493 e. The molecule has 0 bridgehead atoms. The molecule has 1 aromatic carbocycles. The summed E-state index contributed by atoms with van der Waals surface area (Å²) in [5.74, 6) is 1.89. The van der Waals surface area contributed by atoms with Crippen molar-refractivity contribution < 1.29 is 4.74 Å². The summed E-state index contributed by atoms with van der Waals surface area (Å²) in [4.78, 5) is 7.88. The zero-order valence-electron chi connectivity index (χ0n) is 12.6. The van der Waals surface area contributed by atoms with Crippen LogP contribution in [0.4, 0.5) is 0 Å². The Bertz CT molecular complexity index is 573. The van der Waals surface area contributed by atoms with Crippen LogP contribution in [-0.2, 0) is 6.54 Å². The van der Waals surface area contributed by atoms with Crippen LogP contribution in [0.15, 0.2) is 30.5 Å². The van der Waals surface area contributed by atoms with E-state index in [9.17, 15) is 0 Å². The number of nitrogens with zero attached hydrogens (tertiary/aromatic N) is 1. The Morgan fingerprint density at radius 1 is 1.29 bits per heavy atom. The van der Waals surface area contributed by atoms with Gasteiger partial charge in [-0.3, -0.25) is 0 Å². The fourth-order valence-corrected chi connectivity index (χ4v) is 2.93. The number of rotatable bonds is 6. The largest absolute Gasteiger partial charge is 0.493 e. The van der Waals surface area contributed by atoms with Crippen LogP contribution in [0, 0.1) is 0 Å². The number of hydrogen-bond acceptors (Lipinski definition) is 3. The quantitative estimate of drug-likeness (QED) is 0.854. The van der Waals surface area contributed by atoms with Crippen molar-refractivity contribution in [1.82, 2.24) is 15.3 Å². The first-order valence-electron chi connectivity index (χ1n) is 7.86. The Kier molecular flexibility index (Phi) is 4.55. The third kappa shape index (κ3) is 3.45. The monoisotopic (exact) mass is 285 g/mol. The molecule has 3 rings (SSSR count). The molecule has 0 spiro atoms. The average Bonchev–Trinajstić information content (AvgIpc) is 3.18. The first kappa shape index (κ1) is 14.1. The summed E-state index contributed by atoms with van der Waals surface area (Å²) in [6.07, 6.45) is 7.18. The molecule has 2 N–H and O–H groups in total. The first-order chi connectivity index (χ1) is 10.4. The van der Waals surface area contributed by atoms with E-state index in [0.29, 0.717) is 12.6 Å². The summed E-state index contributed by atoms with van der Waals surface area (Å²) in [5.41, 5.74) is 2.08. The van der Waals surface area contributed by atoms with Crippen molar-refractivity contribution in [1.29, 1.82) is 0 Å². The predicted molar refractivity (Wildman–Crippen MR) is 84.3 cm³/mol. The van der Waals surface area contributed by atoms with E-state index in [1.165, 1.54) is 25.7 Å². The summed E-state index contributed by atoms with van der Waals surface area (Å²) in [5, 5.41) is 3.58. The van der Waals surface area contributed by atoms with Gasteiger partial charge < -0.3 is 15.0 Å². The van der Waals surface area contributed by atoms with Gasteiger partial charge in [0.2, 0.25) is 0 Å². The van der Waals surface area contributed by atoms with E-state index in [-0.39, 0.29) is 0 Å². The molecule has 4 nitrogen and oxygen atoms in total. The number of nitrogens with one attached hydrogen (secondary N) is 2. The molecule has 1 saturated carbocycles. The van der Waals surface area contributed by atoms with E-state index in [2.05, 4.69) is 21.4 Å². The third-order valence-corrected chi connectivity index (χ3v) is 4.02. The maximum absolute atomic E-state index is 5.68. The van der Waals surface area contributed by atoms with Crippen LogP contribution in [0.25, 0.3) is 11.3 Å². The van der Waals surface area contributed by atoms with Gasteiger partial charge in [-0.2, -0.15) is 0 Å². The number of H-pyrrole nitrogens is 1. The van der Waals surface area contributed by atoms with E-state index in [1.54, 1.807) is 0 Å². The number of benzene rings is 1. The standard InChI is InChI=1S/C17H23N3O/c1-2-21-16-10-6-5-9-14(16)15-11-19-17(20-15)12-18-13-7-3-4-8-13/h5-6,9-11,13,18H,2-4,7-8,12H2,1H3,(H,19,20). The molecule has 0 radical (unpaired) electrons. The molecular formula is C17H23N3O. The van der Waals surface area contributed by atoms with Crippen LogP contribution < -0.4 is 10.1 Å². The van der Waals surface area contributed by atoms with Crippen LogP contribution >= 0.6 is 0 Å². The highest BCUT2D eigenvalue weighted by molar-refractivity contribution is 5.66. The van der Waals surface area contributed by atoms with Gasteiger partial charge in [-0.25, -0.2) is 4.98 Å². The highest BCUT2D eigenvalue weighted by Crippen LogP contribution is 2.28. The maximum Gasteiger partial charge on any atom is 0.128 e. The molecule has 4 heteroatoms. The number of aromatic nitrogens is 2. The second-order valence-electron chi connectivity index (χ2n) is 5.54. The van der Waals surface area contributed by atoms with Crippen molar-refractivity contribution in [3.05, 3.63) is 36.3 Å². The van der Waals surface area contributed by atoms with Crippen LogP contribution in [-0.4, -0.2) is 22.6 Å². The molecule has 21 heavy (non-hydrogen) atoms. The van der Waals surface area contributed by atoms with Crippen molar-refractivity contribution in [2.24, 2.45) is 0 Å². The Balaban J connectivity index is 1.69. The minimum atomic E-state index is 0.661. The average molecular weight is 285 g/mol. The molecule has 1 heterocycles. The van der Waals surface area contributed by atoms with Gasteiger partial charge in [0.1, 0.15) is 11.6 Å². The second-order valence-corrected chi connectivity index (χ2v) is 5.54. The Labute approximate surface area is 125 Å². The molecule has 0 saturated heterocycles. The third-order valence-electron chi connectivity index (χ3n) is 4.02. The van der Waals surface area contributed by atoms with Gasteiger partial charge in [0.05, 0.1) is 25.0 Å². The van der Waals surface area contributed by atoms with E-state index in [0.717, 1.165) is 29.4 Å². The van der Waals surface area contributed by atoms with Gasteiger partial charge >= 0.3 is 0 Å². The van der Waals surface area contributed by atoms with Gasteiger partial charge in [-0.05, 0) is 31.9 Å². The molecule has 2 aromatic rings. The smallest absolute Gasteiger partial charge is 0.128 e. The summed E-state index contributed by atoms with van der Waals surface area (Å²) in [6.45, 7) is 3.48. The van der Waals surface area contributed by atoms with Crippen molar-refractivity contribution >= 4 is 0 Å². The van der Waals surface area contributed by atoms with Gasteiger partial charge in [-0.1, -0.05) is 25.0 Å². The number of imidazole rings is 1. The zero-order chi connectivity index (χ0) is 14.5. The molecule has 0 unspecified atom stereocenters. The number of hydrogen-bond donors (Lipinski definition) is 2. The molecule has 1 aliphatic rings. The van der Waals surface area contributed by atoms with Gasteiger partial charge in [-0.15, -0.1) is 0 Å². The molecule has 1 fully saturated rings. The lowest BCUT2D eigenvalue weighted by atomic mass is 10.1. The highest BCUT2D eigenvalue weighted by Gasteiger charge is 2.15. The summed E-state index contributed by atoms with van der Waals surface area (Å²) >= 11 is 0. The first-order valence-corrected chi connectivity index (χ1v) is 7.86. The van der Waals surface area contributed by atoms with E-state index >= 15 is 0 Å². The molecule has 1 aliphatic carbocycles. The van der Waals surface area contributed by atoms with Gasteiger partial charge in [0.15, 0.2) is 0 Å². The number of para-hydroxylation sites is 1. The Hall–Kier alpha value is -1.81. The SMILES string of the molecule is CCOc1ccccc1-c1cnc(CNC2CCCC2)[nH]1. The Morgan fingerprint density at radius 3 is 2.90 bits per heavy atom. The molecule has 0 aliphatic heterocycles. The normalized spacial score (nSPS) is 15.5. The van der Waals surface area contributed by atoms with Crippen molar-refractivity contribution in [2.45, 2.75) is 45.2 Å². The van der Waals surface area contributed by atoms with Gasteiger partial charge in [0.25, 0.3) is 0 Å². The van der Waals surface area contributed by atoms with Crippen molar-refractivity contribution in [3.8, 4) is 17.0 Å². The maximum atomic E-state index is 5.68. The van der Waals surface area contributed by atoms with Crippen LogP contribution in [0.2, 0.25) is 0 Å².